The Morgan fingerprint density at radius 2 is 1.79 bits per heavy atom. The van der Waals surface area contributed by atoms with Crippen molar-refractivity contribution in [1.82, 2.24) is 9.97 Å². The van der Waals surface area contributed by atoms with Gasteiger partial charge in [0.2, 0.25) is 5.91 Å². The summed E-state index contributed by atoms with van der Waals surface area (Å²) in [4.78, 5) is 20.3. The van der Waals surface area contributed by atoms with E-state index in [1.807, 2.05) is 27.8 Å². The minimum atomic E-state index is -0.863. The minimum absolute atomic E-state index is 0.199. The molecule has 6 heteroatoms. The average Bonchev–Trinajstić information content (AvgIpc) is 2.30. The molecule has 0 bridgehead atoms. The first kappa shape index (κ1) is 15.2. The Balaban J connectivity index is 3.26. The van der Waals surface area contributed by atoms with E-state index in [0.29, 0.717) is 5.82 Å². The molecule has 1 heterocycles. The second-order valence-corrected chi connectivity index (χ2v) is 5.42. The molecular formula is C13H23N5O. The van der Waals surface area contributed by atoms with Crippen LogP contribution >= 0.6 is 0 Å². The van der Waals surface area contributed by atoms with E-state index < -0.39 is 11.4 Å². The summed E-state index contributed by atoms with van der Waals surface area (Å²) in [6, 6.07) is 0. The van der Waals surface area contributed by atoms with Crippen molar-refractivity contribution in [2.24, 2.45) is 5.73 Å². The van der Waals surface area contributed by atoms with E-state index in [-0.39, 0.29) is 5.92 Å². The predicted molar refractivity (Wildman–Crippen MR) is 77.3 cm³/mol. The molecular weight excluding hydrogens is 242 g/mol. The first-order valence-corrected chi connectivity index (χ1v) is 6.33. The Kier molecular flexibility index (Phi) is 4.34. The molecule has 0 aliphatic rings. The van der Waals surface area contributed by atoms with Gasteiger partial charge in [-0.2, -0.15) is 0 Å². The Hall–Kier alpha value is -1.85. The smallest absolute Gasteiger partial charge is 0.242 e. The van der Waals surface area contributed by atoms with E-state index in [9.17, 15) is 4.79 Å². The first-order chi connectivity index (χ1) is 8.69. The minimum Gasteiger partial charge on any atom is -0.373 e. The maximum Gasteiger partial charge on any atom is 0.242 e. The maximum absolute atomic E-state index is 11.4. The van der Waals surface area contributed by atoms with Crippen molar-refractivity contribution in [2.45, 2.75) is 46.1 Å². The number of hydrogen-bond acceptors (Lipinski definition) is 5. The van der Waals surface area contributed by atoms with Gasteiger partial charge in [0.1, 0.15) is 23.0 Å². The fraction of sp³-hybridized carbons (Fsp3) is 0.615. The lowest BCUT2D eigenvalue weighted by atomic mass is 10.0. The molecule has 106 valence electrons. The van der Waals surface area contributed by atoms with E-state index in [0.717, 1.165) is 17.2 Å². The maximum atomic E-state index is 11.4. The number of nitrogens with zero attached hydrogens (tertiary/aromatic N) is 2. The number of amides is 1. The SMILES string of the molecule is CNc1nc(C(C)C)nc(NC(C)(C)C(N)=O)c1C. The van der Waals surface area contributed by atoms with Gasteiger partial charge in [0.25, 0.3) is 0 Å². The number of hydrogen-bond donors (Lipinski definition) is 3. The summed E-state index contributed by atoms with van der Waals surface area (Å²) >= 11 is 0. The second kappa shape index (κ2) is 5.42. The van der Waals surface area contributed by atoms with E-state index in [1.165, 1.54) is 0 Å². The lowest BCUT2D eigenvalue weighted by Gasteiger charge is -2.25. The largest absolute Gasteiger partial charge is 0.373 e. The Labute approximate surface area is 114 Å². The highest BCUT2D eigenvalue weighted by atomic mass is 16.1. The lowest BCUT2D eigenvalue weighted by Crippen LogP contribution is -2.45. The van der Waals surface area contributed by atoms with E-state index in [4.69, 9.17) is 5.73 Å². The third kappa shape index (κ3) is 3.33. The number of anilines is 2. The molecule has 0 aliphatic carbocycles. The van der Waals surface area contributed by atoms with Crippen LogP contribution < -0.4 is 16.4 Å². The third-order valence-electron chi connectivity index (χ3n) is 2.96. The predicted octanol–water partition coefficient (Wildman–Crippen LogP) is 1.63. The van der Waals surface area contributed by atoms with Crippen LogP contribution in [0.1, 0.15) is 45.0 Å². The molecule has 1 rings (SSSR count). The molecule has 0 saturated heterocycles. The van der Waals surface area contributed by atoms with Crippen LogP contribution in [-0.2, 0) is 4.79 Å². The highest BCUT2D eigenvalue weighted by molar-refractivity contribution is 5.87. The third-order valence-corrected chi connectivity index (χ3v) is 2.96. The molecule has 0 aliphatic heterocycles. The van der Waals surface area contributed by atoms with Crippen molar-refractivity contribution in [1.29, 1.82) is 0 Å². The molecule has 1 aromatic heterocycles. The van der Waals surface area contributed by atoms with E-state index in [2.05, 4.69) is 20.6 Å². The highest BCUT2D eigenvalue weighted by Crippen LogP contribution is 2.25. The van der Waals surface area contributed by atoms with Crippen molar-refractivity contribution >= 4 is 17.5 Å². The monoisotopic (exact) mass is 265 g/mol. The highest BCUT2D eigenvalue weighted by Gasteiger charge is 2.26. The van der Waals surface area contributed by atoms with Gasteiger partial charge in [0.05, 0.1) is 0 Å². The molecule has 0 spiro atoms. The summed E-state index contributed by atoms with van der Waals surface area (Å²) < 4.78 is 0. The van der Waals surface area contributed by atoms with Crippen LogP contribution in [0.3, 0.4) is 0 Å². The van der Waals surface area contributed by atoms with Crippen LogP contribution in [0.4, 0.5) is 11.6 Å². The molecule has 4 N–H and O–H groups in total. The number of nitrogens with one attached hydrogen (secondary N) is 2. The number of aromatic nitrogens is 2. The number of primary amides is 1. The summed E-state index contributed by atoms with van der Waals surface area (Å²) in [5, 5.41) is 6.13. The van der Waals surface area contributed by atoms with Crippen LogP contribution in [-0.4, -0.2) is 28.5 Å². The van der Waals surface area contributed by atoms with Crippen molar-refractivity contribution in [2.75, 3.05) is 17.7 Å². The summed E-state index contributed by atoms with van der Waals surface area (Å²) in [5.41, 5.74) is 5.38. The van der Waals surface area contributed by atoms with Crippen LogP contribution in [0.5, 0.6) is 0 Å². The number of carbonyl (C=O) groups excluding carboxylic acids is 1. The van der Waals surface area contributed by atoms with Crippen molar-refractivity contribution in [3.8, 4) is 0 Å². The van der Waals surface area contributed by atoms with Crippen molar-refractivity contribution in [3.63, 3.8) is 0 Å². The van der Waals surface area contributed by atoms with E-state index >= 15 is 0 Å². The molecule has 0 aromatic carbocycles. The Bertz CT molecular complexity index is 482. The van der Waals surface area contributed by atoms with Crippen LogP contribution in [0.2, 0.25) is 0 Å². The van der Waals surface area contributed by atoms with Gasteiger partial charge in [0.15, 0.2) is 0 Å². The summed E-state index contributed by atoms with van der Waals surface area (Å²) in [7, 11) is 1.81. The molecule has 0 fully saturated rings. The zero-order valence-electron chi connectivity index (χ0n) is 12.5. The zero-order valence-corrected chi connectivity index (χ0v) is 12.5. The fourth-order valence-corrected chi connectivity index (χ4v) is 1.51. The van der Waals surface area contributed by atoms with Gasteiger partial charge >= 0.3 is 0 Å². The Morgan fingerprint density at radius 3 is 2.21 bits per heavy atom. The first-order valence-electron chi connectivity index (χ1n) is 6.33. The quantitative estimate of drug-likeness (QED) is 0.752. The standard InChI is InChI=1S/C13H23N5O/c1-7(2)9-16-10(15-6)8(3)11(17-9)18-13(4,5)12(14)19/h7H,1-6H3,(H2,14,19)(H2,15,16,17,18). The second-order valence-electron chi connectivity index (χ2n) is 5.42. The number of nitrogens with two attached hydrogens (primary N) is 1. The van der Waals surface area contributed by atoms with Crippen LogP contribution in [0, 0.1) is 6.92 Å². The number of carbonyl (C=O) groups is 1. The molecule has 6 nitrogen and oxygen atoms in total. The molecule has 0 radical (unpaired) electrons. The molecule has 1 amide bonds. The van der Waals surface area contributed by atoms with Crippen molar-refractivity contribution in [3.05, 3.63) is 11.4 Å². The molecule has 0 atom stereocenters. The Morgan fingerprint density at radius 1 is 1.26 bits per heavy atom. The fourth-order valence-electron chi connectivity index (χ4n) is 1.51. The zero-order chi connectivity index (χ0) is 14.8. The normalized spacial score (nSPS) is 11.5. The molecule has 0 unspecified atom stereocenters. The van der Waals surface area contributed by atoms with Gasteiger partial charge < -0.3 is 16.4 Å². The van der Waals surface area contributed by atoms with Crippen LogP contribution in [0.25, 0.3) is 0 Å². The average molecular weight is 265 g/mol. The lowest BCUT2D eigenvalue weighted by molar-refractivity contribution is -0.121. The van der Waals surface area contributed by atoms with Gasteiger partial charge in [-0.1, -0.05) is 13.8 Å². The van der Waals surface area contributed by atoms with E-state index in [1.54, 1.807) is 13.8 Å². The van der Waals surface area contributed by atoms with Crippen molar-refractivity contribution < 1.29 is 4.79 Å². The van der Waals surface area contributed by atoms with Gasteiger partial charge in [-0.15, -0.1) is 0 Å². The van der Waals surface area contributed by atoms with Gasteiger partial charge in [-0.3, -0.25) is 4.79 Å². The van der Waals surface area contributed by atoms with Gasteiger partial charge in [-0.05, 0) is 20.8 Å². The number of rotatable bonds is 5. The molecule has 0 saturated carbocycles. The van der Waals surface area contributed by atoms with Crippen LogP contribution in [0.15, 0.2) is 0 Å². The van der Waals surface area contributed by atoms with Gasteiger partial charge in [0, 0.05) is 18.5 Å². The summed E-state index contributed by atoms with van der Waals surface area (Å²) in [5.74, 6) is 1.87. The van der Waals surface area contributed by atoms with Gasteiger partial charge in [-0.25, -0.2) is 9.97 Å². The molecule has 1 aromatic rings. The topological polar surface area (TPSA) is 92.9 Å². The summed E-state index contributed by atoms with van der Waals surface area (Å²) in [6.07, 6.45) is 0. The summed E-state index contributed by atoms with van der Waals surface area (Å²) in [6.45, 7) is 9.39. The molecule has 19 heavy (non-hydrogen) atoms.